The Hall–Kier alpha value is -2.71. The predicted molar refractivity (Wildman–Crippen MR) is 113 cm³/mol. The molecule has 7 nitrogen and oxygen atoms in total. The summed E-state index contributed by atoms with van der Waals surface area (Å²) in [6, 6.07) is 9.72. The number of rotatable bonds is 4. The fourth-order valence-corrected chi connectivity index (χ4v) is 5.14. The minimum Gasteiger partial charge on any atom is -0.370 e. The minimum atomic E-state index is -0.368. The lowest BCUT2D eigenvalue weighted by molar-refractivity contribution is -0.0226. The molecule has 156 valence electrons. The van der Waals surface area contributed by atoms with Crippen molar-refractivity contribution < 1.29 is 18.8 Å². The van der Waals surface area contributed by atoms with Crippen molar-refractivity contribution in [1.82, 2.24) is 15.0 Å². The molecule has 1 aromatic carbocycles. The molecule has 3 aromatic rings. The molecule has 0 radical (unpaired) electrons. The van der Waals surface area contributed by atoms with E-state index in [2.05, 4.69) is 5.16 Å². The number of aromatic nitrogens is 1. The van der Waals surface area contributed by atoms with E-state index in [4.69, 9.17) is 9.26 Å². The van der Waals surface area contributed by atoms with Crippen LogP contribution in [0.4, 0.5) is 0 Å². The van der Waals surface area contributed by atoms with Crippen LogP contribution in [0.5, 0.6) is 0 Å². The molecule has 0 spiro atoms. The lowest BCUT2D eigenvalue weighted by Crippen LogP contribution is -2.42. The van der Waals surface area contributed by atoms with Gasteiger partial charge in [-0.25, -0.2) is 0 Å². The van der Waals surface area contributed by atoms with Crippen molar-refractivity contribution in [3.8, 4) is 0 Å². The Morgan fingerprint density at radius 1 is 1.23 bits per heavy atom. The Morgan fingerprint density at radius 3 is 2.80 bits per heavy atom. The van der Waals surface area contributed by atoms with E-state index >= 15 is 0 Å². The number of morpholine rings is 1. The van der Waals surface area contributed by atoms with E-state index in [1.54, 1.807) is 30.0 Å². The quantitative estimate of drug-likeness (QED) is 0.637. The Balaban J connectivity index is 1.45. The summed E-state index contributed by atoms with van der Waals surface area (Å²) in [5.41, 5.74) is 1.21. The van der Waals surface area contributed by atoms with Crippen molar-refractivity contribution in [2.45, 2.75) is 24.9 Å². The molecule has 0 bridgehead atoms. The van der Waals surface area contributed by atoms with Crippen molar-refractivity contribution in [2.24, 2.45) is 0 Å². The summed E-state index contributed by atoms with van der Waals surface area (Å²) in [4.78, 5) is 29.9. The van der Waals surface area contributed by atoms with Gasteiger partial charge in [0.25, 0.3) is 11.8 Å². The smallest absolute Gasteiger partial charge is 0.276 e. The zero-order valence-corrected chi connectivity index (χ0v) is 17.8. The number of fused-ring (bicyclic) bond motifs is 1. The van der Waals surface area contributed by atoms with Crippen LogP contribution >= 0.6 is 11.3 Å². The van der Waals surface area contributed by atoms with Crippen molar-refractivity contribution >= 4 is 33.2 Å². The van der Waals surface area contributed by atoms with Gasteiger partial charge in [0.05, 0.1) is 18.0 Å². The Bertz CT molecular complexity index is 1110. The average Bonchev–Trinajstić information content (AvgIpc) is 3.36. The topological polar surface area (TPSA) is 75.9 Å². The first-order chi connectivity index (χ1) is 14.5. The molecule has 1 aliphatic carbocycles. The normalized spacial score (nSPS) is 19.3. The molecule has 1 aliphatic heterocycles. The van der Waals surface area contributed by atoms with Gasteiger partial charge in [0.15, 0.2) is 5.69 Å². The molecule has 2 aromatic heterocycles. The molecule has 1 atom stereocenters. The zero-order valence-electron chi connectivity index (χ0n) is 17.0. The third-order valence-corrected chi connectivity index (χ3v) is 6.81. The van der Waals surface area contributed by atoms with Gasteiger partial charge in [-0.3, -0.25) is 9.59 Å². The number of carbonyl (C=O) groups is 2. The lowest BCUT2D eigenvalue weighted by atomic mass is 10.0. The molecular formula is C22H23N3O4S. The van der Waals surface area contributed by atoms with Crippen molar-refractivity contribution in [3.63, 3.8) is 0 Å². The molecule has 2 amide bonds. The van der Waals surface area contributed by atoms with Crippen LogP contribution in [-0.4, -0.2) is 60.6 Å². The second-order valence-electron chi connectivity index (χ2n) is 8.04. The van der Waals surface area contributed by atoms with Crippen LogP contribution in [0.15, 0.2) is 34.9 Å². The van der Waals surface area contributed by atoms with Gasteiger partial charge in [0.1, 0.15) is 11.9 Å². The summed E-state index contributed by atoms with van der Waals surface area (Å²) in [6.45, 7) is 1.27. The molecule has 1 saturated carbocycles. The average molecular weight is 426 g/mol. The standard InChI is InChI=1S/C22H23N3O4S/c1-24(2)22(27)20-19(14-5-3-4-6-18(14)30-20)17-12-25(9-10-28-17)21(26)15-11-16(29-23-15)13-7-8-13/h3-6,11,13,17H,7-10,12H2,1-2H3/t17-/m0/s1. The van der Waals surface area contributed by atoms with E-state index in [-0.39, 0.29) is 17.9 Å². The van der Waals surface area contributed by atoms with E-state index in [1.165, 1.54) is 11.3 Å². The highest BCUT2D eigenvalue weighted by atomic mass is 32.1. The van der Waals surface area contributed by atoms with Crippen LogP contribution in [0.1, 0.15) is 56.3 Å². The maximum Gasteiger partial charge on any atom is 0.276 e. The second kappa shape index (κ2) is 7.52. The maximum absolute atomic E-state index is 13.0. The largest absolute Gasteiger partial charge is 0.370 e. The first kappa shape index (κ1) is 19.3. The van der Waals surface area contributed by atoms with Crippen LogP contribution in [0.3, 0.4) is 0 Å². The predicted octanol–water partition coefficient (Wildman–Crippen LogP) is 3.68. The first-order valence-corrected chi connectivity index (χ1v) is 10.9. The maximum atomic E-state index is 13.0. The molecule has 2 fully saturated rings. The monoisotopic (exact) mass is 425 g/mol. The SMILES string of the molecule is CN(C)C(=O)c1sc2ccccc2c1[C@@H]1CN(C(=O)c2cc(C3CC3)on2)CCO1. The molecular weight excluding hydrogens is 402 g/mol. The number of thiophene rings is 1. The molecule has 30 heavy (non-hydrogen) atoms. The van der Waals surface area contributed by atoms with Crippen LogP contribution < -0.4 is 0 Å². The Kier molecular flexibility index (Phi) is 4.83. The van der Waals surface area contributed by atoms with Crippen LogP contribution in [0, 0.1) is 0 Å². The van der Waals surface area contributed by atoms with Crippen molar-refractivity contribution in [1.29, 1.82) is 0 Å². The minimum absolute atomic E-state index is 0.0520. The van der Waals surface area contributed by atoms with Gasteiger partial charge >= 0.3 is 0 Å². The van der Waals surface area contributed by atoms with Gasteiger partial charge in [-0.2, -0.15) is 0 Å². The van der Waals surface area contributed by atoms with E-state index in [0.29, 0.717) is 36.2 Å². The van der Waals surface area contributed by atoms with Crippen LogP contribution in [-0.2, 0) is 4.74 Å². The summed E-state index contributed by atoms with van der Waals surface area (Å²) >= 11 is 1.47. The van der Waals surface area contributed by atoms with Gasteiger partial charge in [-0.05, 0) is 24.3 Å². The summed E-state index contributed by atoms with van der Waals surface area (Å²) in [5.74, 6) is 1.00. The summed E-state index contributed by atoms with van der Waals surface area (Å²) < 4.78 is 12.5. The number of hydrogen-bond acceptors (Lipinski definition) is 6. The van der Waals surface area contributed by atoms with Crippen LogP contribution in [0.25, 0.3) is 10.1 Å². The molecule has 8 heteroatoms. The van der Waals surface area contributed by atoms with Crippen molar-refractivity contribution in [2.75, 3.05) is 33.8 Å². The highest BCUT2D eigenvalue weighted by Crippen LogP contribution is 2.41. The zero-order chi connectivity index (χ0) is 20.8. The molecule has 2 aliphatic rings. The third-order valence-electron chi connectivity index (χ3n) is 5.64. The van der Waals surface area contributed by atoms with Gasteiger partial charge in [-0.1, -0.05) is 23.4 Å². The van der Waals surface area contributed by atoms with Crippen molar-refractivity contribution in [3.05, 3.63) is 52.2 Å². The van der Waals surface area contributed by atoms with E-state index in [0.717, 1.165) is 34.3 Å². The molecule has 3 heterocycles. The van der Waals surface area contributed by atoms with Gasteiger partial charge in [0.2, 0.25) is 0 Å². The lowest BCUT2D eigenvalue weighted by Gasteiger charge is -2.33. The fourth-order valence-electron chi connectivity index (χ4n) is 3.87. The Morgan fingerprint density at radius 2 is 2.03 bits per heavy atom. The molecule has 0 unspecified atom stereocenters. The Labute approximate surface area is 178 Å². The number of ether oxygens (including phenoxy) is 1. The number of hydrogen-bond donors (Lipinski definition) is 0. The number of nitrogens with zero attached hydrogens (tertiary/aromatic N) is 3. The number of benzene rings is 1. The summed E-state index contributed by atoms with van der Waals surface area (Å²) in [6.07, 6.45) is 1.82. The van der Waals surface area contributed by atoms with E-state index < -0.39 is 0 Å². The van der Waals surface area contributed by atoms with Gasteiger partial charge in [-0.15, -0.1) is 11.3 Å². The fraction of sp³-hybridized carbons (Fsp3) is 0.409. The highest BCUT2D eigenvalue weighted by Gasteiger charge is 2.34. The van der Waals surface area contributed by atoms with Crippen LogP contribution in [0.2, 0.25) is 0 Å². The van der Waals surface area contributed by atoms with E-state index in [9.17, 15) is 9.59 Å². The van der Waals surface area contributed by atoms with E-state index in [1.807, 2.05) is 24.3 Å². The number of amides is 2. The summed E-state index contributed by atoms with van der Waals surface area (Å²) in [5, 5.41) is 5.00. The highest BCUT2D eigenvalue weighted by molar-refractivity contribution is 7.21. The molecule has 1 saturated heterocycles. The molecule has 0 N–H and O–H groups in total. The first-order valence-electron chi connectivity index (χ1n) is 10.1. The van der Waals surface area contributed by atoms with Gasteiger partial charge in [0, 0.05) is 42.9 Å². The third kappa shape index (κ3) is 3.40. The number of carbonyl (C=O) groups excluding carboxylic acids is 2. The second-order valence-corrected chi connectivity index (χ2v) is 9.09. The van der Waals surface area contributed by atoms with Gasteiger partial charge < -0.3 is 19.1 Å². The molecule has 5 rings (SSSR count). The summed E-state index contributed by atoms with van der Waals surface area (Å²) in [7, 11) is 3.49.